The van der Waals surface area contributed by atoms with Gasteiger partial charge >= 0.3 is 5.63 Å². The maximum Gasteiger partial charge on any atom is 0.346 e. The lowest BCUT2D eigenvalue weighted by atomic mass is 10.0. The van der Waals surface area contributed by atoms with Gasteiger partial charge < -0.3 is 18.0 Å². The molecule has 48 heavy (non-hydrogen) atoms. The highest BCUT2D eigenvalue weighted by atomic mass is 16.4. The van der Waals surface area contributed by atoms with Gasteiger partial charge in [0.25, 0.3) is 0 Å². The van der Waals surface area contributed by atoms with E-state index in [1.165, 1.54) is 0 Å². The lowest BCUT2D eigenvalue weighted by Gasteiger charge is -2.12. The van der Waals surface area contributed by atoms with Gasteiger partial charge in [0, 0.05) is 48.8 Å². The highest BCUT2D eigenvalue weighted by molar-refractivity contribution is 6.22. The van der Waals surface area contributed by atoms with Gasteiger partial charge in [-0.3, -0.25) is 0 Å². The molecule has 0 bridgehead atoms. The maximum absolute atomic E-state index is 13.8. The van der Waals surface area contributed by atoms with Crippen LogP contribution in [0.2, 0.25) is 0 Å². The minimum absolute atomic E-state index is 0.338. The molecule has 0 atom stereocenters. The van der Waals surface area contributed by atoms with E-state index in [2.05, 4.69) is 118 Å². The molecule has 0 aliphatic carbocycles. The second-order valence-electron chi connectivity index (χ2n) is 12.4. The van der Waals surface area contributed by atoms with E-state index in [0.29, 0.717) is 11.0 Å². The average molecular weight is 617 g/mol. The Labute approximate surface area is 272 Å². The second-order valence-corrected chi connectivity index (χ2v) is 12.4. The molecule has 0 amide bonds. The molecule has 4 aromatic heterocycles. The number of furan rings is 1. The van der Waals surface area contributed by atoms with E-state index in [-0.39, 0.29) is 5.63 Å². The monoisotopic (exact) mass is 616 g/mol. The third kappa shape index (κ3) is 3.27. The van der Waals surface area contributed by atoms with Crippen molar-refractivity contribution in [2.24, 2.45) is 0 Å². The number of hydrogen-bond donors (Lipinski definition) is 0. The van der Waals surface area contributed by atoms with Crippen LogP contribution in [0.3, 0.4) is 0 Å². The highest BCUT2D eigenvalue weighted by Crippen LogP contribution is 2.41. The lowest BCUT2D eigenvalue weighted by molar-refractivity contribution is 0.570. The Bertz CT molecular complexity index is 3210. The molecule has 0 spiro atoms. The molecule has 0 aliphatic heterocycles. The number of aromatic nitrogens is 2. The lowest BCUT2D eigenvalue weighted by Crippen LogP contribution is -2.03. The molecule has 5 nitrogen and oxygen atoms in total. The summed E-state index contributed by atoms with van der Waals surface area (Å²) in [6.07, 6.45) is 0. The summed E-state index contributed by atoms with van der Waals surface area (Å²) in [7, 11) is 0. The molecule has 11 rings (SSSR count). The third-order valence-electron chi connectivity index (χ3n) is 9.96. The Balaban J connectivity index is 1.26. The summed E-state index contributed by atoms with van der Waals surface area (Å²) < 4.78 is 17.0. The van der Waals surface area contributed by atoms with Crippen molar-refractivity contribution in [2.75, 3.05) is 0 Å². The highest BCUT2D eigenvalue weighted by Gasteiger charge is 2.21. The van der Waals surface area contributed by atoms with E-state index >= 15 is 0 Å². The van der Waals surface area contributed by atoms with Crippen LogP contribution in [0, 0.1) is 0 Å². The van der Waals surface area contributed by atoms with Crippen LogP contribution in [0.4, 0.5) is 0 Å². The summed E-state index contributed by atoms with van der Waals surface area (Å²) in [4.78, 5) is 13.8. The van der Waals surface area contributed by atoms with Crippen molar-refractivity contribution in [1.82, 2.24) is 9.13 Å². The predicted molar refractivity (Wildman–Crippen MR) is 196 cm³/mol. The quantitative estimate of drug-likeness (QED) is 0.143. The number of para-hydroxylation sites is 5. The Hall–Kier alpha value is -6.59. The molecule has 0 radical (unpaired) electrons. The first-order valence-corrected chi connectivity index (χ1v) is 16.1. The Morgan fingerprint density at radius 2 is 1.00 bits per heavy atom. The van der Waals surface area contributed by atoms with Crippen LogP contribution in [0.25, 0.3) is 98.7 Å². The predicted octanol–water partition coefficient (Wildman–Crippen LogP) is 11.0. The van der Waals surface area contributed by atoms with Crippen molar-refractivity contribution >= 4 is 87.3 Å². The van der Waals surface area contributed by atoms with Gasteiger partial charge in [-0.2, -0.15) is 0 Å². The van der Waals surface area contributed by atoms with Gasteiger partial charge in [-0.15, -0.1) is 0 Å². The molecule has 0 fully saturated rings. The van der Waals surface area contributed by atoms with Crippen molar-refractivity contribution in [3.05, 3.63) is 156 Å². The molecular formula is C43H24N2O3. The zero-order chi connectivity index (χ0) is 31.5. The zero-order valence-electron chi connectivity index (χ0n) is 25.5. The van der Waals surface area contributed by atoms with Gasteiger partial charge in [-0.1, -0.05) is 97.1 Å². The molecule has 0 unspecified atom stereocenters. The summed E-state index contributed by atoms with van der Waals surface area (Å²) in [6.45, 7) is 0. The number of fused-ring (bicyclic) bond motifs is 13. The molecule has 0 N–H and O–H groups in total. The summed E-state index contributed by atoms with van der Waals surface area (Å²) in [5, 5.41) is 8.93. The van der Waals surface area contributed by atoms with Gasteiger partial charge in [-0.25, -0.2) is 4.79 Å². The number of nitrogens with zero attached hydrogens (tertiary/aromatic N) is 2. The van der Waals surface area contributed by atoms with Crippen LogP contribution in [0.1, 0.15) is 0 Å². The van der Waals surface area contributed by atoms with Crippen molar-refractivity contribution in [2.45, 2.75) is 0 Å². The standard InChI is InChI=1S/C43H24N2O3/c46-43-40-30(28-12-3-8-19-39(28)48-43)21-22-31-26-10-1-5-15-34(26)44(41(31)40)25-20-23-36-33(24-25)27-11-2-6-16-35(27)45(36)37-17-9-14-32-29-13-4-7-18-38(29)47-42(32)37/h1-24H. The molecule has 4 heterocycles. The molecule has 0 saturated heterocycles. The third-order valence-corrected chi connectivity index (χ3v) is 9.96. The first kappa shape index (κ1) is 25.6. The van der Waals surface area contributed by atoms with E-state index in [0.717, 1.165) is 87.7 Å². The molecular weight excluding hydrogens is 592 g/mol. The van der Waals surface area contributed by atoms with Crippen LogP contribution in [-0.4, -0.2) is 9.13 Å². The summed E-state index contributed by atoms with van der Waals surface area (Å²) >= 11 is 0. The van der Waals surface area contributed by atoms with Crippen LogP contribution < -0.4 is 5.63 Å². The number of benzene rings is 7. The maximum atomic E-state index is 13.8. The molecule has 11 aromatic rings. The largest absolute Gasteiger partial charge is 0.454 e. The molecule has 0 saturated carbocycles. The summed E-state index contributed by atoms with van der Waals surface area (Å²) in [5.74, 6) is 0. The minimum atomic E-state index is -0.338. The van der Waals surface area contributed by atoms with Gasteiger partial charge in [0.2, 0.25) is 0 Å². The van der Waals surface area contributed by atoms with Crippen LogP contribution in [0.15, 0.2) is 159 Å². The number of rotatable bonds is 2. The van der Waals surface area contributed by atoms with E-state index in [1.54, 1.807) is 0 Å². The Kier molecular flexibility index (Phi) is 4.93. The van der Waals surface area contributed by atoms with E-state index < -0.39 is 0 Å². The Morgan fingerprint density at radius 1 is 0.417 bits per heavy atom. The fourth-order valence-corrected chi connectivity index (χ4v) is 7.95. The van der Waals surface area contributed by atoms with Crippen molar-refractivity contribution in [1.29, 1.82) is 0 Å². The van der Waals surface area contributed by atoms with E-state index in [1.807, 2.05) is 36.4 Å². The van der Waals surface area contributed by atoms with Gasteiger partial charge in [0.05, 0.1) is 33.1 Å². The normalized spacial score (nSPS) is 12.2. The second kappa shape index (κ2) is 9.24. The van der Waals surface area contributed by atoms with Crippen LogP contribution >= 0.6 is 0 Å². The minimum Gasteiger partial charge on any atom is -0.454 e. The van der Waals surface area contributed by atoms with Gasteiger partial charge in [0.15, 0.2) is 5.58 Å². The molecule has 0 aliphatic rings. The van der Waals surface area contributed by atoms with Crippen LogP contribution in [0.5, 0.6) is 0 Å². The topological polar surface area (TPSA) is 53.2 Å². The fraction of sp³-hybridized carbons (Fsp3) is 0. The van der Waals surface area contributed by atoms with Crippen LogP contribution in [-0.2, 0) is 0 Å². The SMILES string of the molecule is O=c1oc2ccccc2c2ccc3c4ccccc4n(-c4ccc5c(c4)c4ccccc4n5-c4cccc5c4oc4ccccc45)c3c12. The van der Waals surface area contributed by atoms with Crippen molar-refractivity contribution in [3.63, 3.8) is 0 Å². The first-order chi connectivity index (χ1) is 23.7. The van der Waals surface area contributed by atoms with E-state index in [9.17, 15) is 4.79 Å². The fourth-order valence-electron chi connectivity index (χ4n) is 7.95. The van der Waals surface area contributed by atoms with Gasteiger partial charge in [0.1, 0.15) is 11.2 Å². The summed E-state index contributed by atoms with van der Waals surface area (Å²) in [5.41, 5.74) is 8.00. The smallest absolute Gasteiger partial charge is 0.346 e. The summed E-state index contributed by atoms with van der Waals surface area (Å²) in [6, 6.07) is 50.0. The van der Waals surface area contributed by atoms with Gasteiger partial charge in [-0.05, 0) is 48.5 Å². The number of hydrogen-bond acceptors (Lipinski definition) is 3. The average Bonchev–Trinajstić information content (AvgIpc) is 3.79. The molecule has 7 aromatic carbocycles. The van der Waals surface area contributed by atoms with E-state index in [4.69, 9.17) is 8.83 Å². The molecule has 5 heteroatoms. The van der Waals surface area contributed by atoms with Crippen molar-refractivity contribution < 1.29 is 8.83 Å². The van der Waals surface area contributed by atoms with Crippen molar-refractivity contribution in [3.8, 4) is 11.4 Å². The first-order valence-electron chi connectivity index (χ1n) is 16.1. The Morgan fingerprint density at radius 3 is 1.79 bits per heavy atom. The zero-order valence-corrected chi connectivity index (χ0v) is 25.5. The molecule has 224 valence electrons.